The zero-order valence-corrected chi connectivity index (χ0v) is 12.5. The molecule has 0 bridgehead atoms. The van der Waals surface area contributed by atoms with E-state index in [1.807, 2.05) is 49.4 Å². The fourth-order valence-corrected chi connectivity index (χ4v) is 2.34. The van der Waals surface area contributed by atoms with Gasteiger partial charge in [0.2, 0.25) is 5.95 Å². The Labute approximate surface area is 128 Å². The lowest BCUT2D eigenvalue weighted by atomic mass is 10.1. The quantitative estimate of drug-likeness (QED) is 0.776. The van der Waals surface area contributed by atoms with Crippen LogP contribution in [0.4, 0.5) is 5.95 Å². The molecule has 3 aromatic rings. The van der Waals surface area contributed by atoms with E-state index in [-0.39, 0.29) is 11.6 Å². The summed E-state index contributed by atoms with van der Waals surface area (Å²) >= 11 is 0. The number of hydrogen-bond donors (Lipinski definition) is 2. The fraction of sp³-hybridized carbons (Fsp3) is 0.176. The first-order valence-electron chi connectivity index (χ1n) is 7.07. The lowest BCUT2D eigenvalue weighted by Crippen LogP contribution is -2.15. The number of nitrogens with zero attached hydrogens (tertiary/aromatic N) is 1. The van der Waals surface area contributed by atoms with E-state index < -0.39 is 0 Å². The van der Waals surface area contributed by atoms with E-state index in [0.717, 1.165) is 11.3 Å². The Morgan fingerprint density at radius 3 is 2.59 bits per heavy atom. The number of aromatic amines is 1. The van der Waals surface area contributed by atoms with E-state index in [0.29, 0.717) is 16.9 Å². The number of methoxy groups -OCH3 is 1. The predicted octanol–water partition coefficient (Wildman–Crippen LogP) is 3.10. The molecule has 0 saturated carbocycles. The van der Waals surface area contributed by atoms with Gasteiger partial charge in [-0.2, -0.15) is 0 Å². The van der Waals surface area contributed by atoms with Gasteiger partial charge in [-0.1, -0.05) is 24.3 Å². The second-order valence-corrected chi connectivity index (χ2v) is 5.07. The van der Waals surface area contributed by atoms with Crippen LogP contribution in [0.2, 0.25) is 0 Å². The van der Waals surface area contributed by atoms with Crippen LogP contribution in [0, 0.1) is 0 Å². The van der Waals surface area contributed by atoms with Crippen molar-refractivity contribution < 1.29 is 4.74 Å². The Kier molecular flexibility index (Phi) is 3.78. The van der Waals surface area contributed by atoms with Gasteiger partial charge in [0.1, 0.15) is 5.75 Å². The van der Waals surface area contributed by atoms with Crippen LogP contribution in [0.15, 0.2) is 53.3 Å². The second-order valence-electron chi connectivity index (χ2n) is 5.07. The van der Waals surface area contributed by atoms with Crippen molar-refractivity contribution >= 4 is 16.9 Å². The number of nitrogens with one attached hydrogen (secondary N) is 2. The summed E-state index contributed by atoms with van der Waals surface area (Å²) in [6.07, 6.45) is 0. The molecule has 0 aliphatic heterocycles. The van der Waals surface area contributed by atoms with Gasteiger partial charge >= 0.3 is 0 Å². The zero-order valence-electron chi connectivity index (χ0n) is 12.5. The fourth-order valence-electron chi connectivity index (χ4n) is 2.34. The maximum Gasteiger partial charge on any atom is 0.260 e. The van der Waals surface area contributed by atoms with E-state index in [1.165, 1.54) is 0 Å². The highest BCUT2D eigenvalue weighted by molar-refractivity contribution is 5.78. The first-order valence-corrected chi connectivity index (χ1v) is 7.07. The Balaban J connectivity index is 1.87. The largest absolute Gasteiger partial charge is 0.497 e. The molecular formula is C17H17N3O2. The van der Waals surface area contributed by atoms with E-state index in [4.69, 9.17) is 4.74 Å². The molecule has 0 amide bonds. The molecule has 3 rings (SSSR count). The molecule has 1 heterocycles. The van der Waals surface area contributed by atoms with E-state index >= 15 is 0 Å². The number of anilines is 1. The summed E-state index contributed by atoms with van der Waals surface area (Å²) in [5.74, 6) is 1.28. The number of hydrogen-bond acceptors (Lipinski definition) is 4. The maximum atomic E-state index is 12.0. The molecular weight excluding hydrogens is 278 g/mol. The van der Waals surface area contributed by atoms with Crippen LogP contribution in [0.25, 0.3) is 10.9 Å². The molecule has 0 saturated heterocycles. The summed E-state index contributed by atoms with van der Waals surface area (Å²) in [6.45, 7) is 2.01. The van der Waals surface area contributed by atoms with Gasteiger partial charge in [-0.25, -0.2) is 4.98 Å². The van der Waals surface area contributed by atoms with Gasteiger partial charge < -0.3 is 10.1 Å². The first kappa shape index (κ1) is 14.1. The average molecular weight is 295 g/mol. The number of rotatable bonds is 4. The Hall–Kier alpha value is -2.82. The Morgan fingerprint density at radius 1 is 1.14 bits per heavy atom. The molecule has 2 N–H and O–H groups in total. The summed E-state index contributed by atoms with van der Waals surface area (Å²) in [7, 11) is 1.64. The van der Waals surface area contributed by atoms with Crippen molar-refractivity contribution in [2.24, 2.45) is 0 Å². The van der Waals surface area contributed by atoms with Crippen LogP contribution < -0.4 is 15.6 Å². The topological polar surface area (TPSA) is 67.0 Å². The van der Waals surface area contributed by atoms with Crippen LogP contribution in [0.5, 0.6) is 5.75 Å². The minimum atomic E-state index is -0.143. The molecule has 5 nitrogen and oxygen atoms in total. The summed E-state index contributed by atoms with van der Waals surface area (Å²) in [5.41, 5.74) is 1.61. The monoisotopic (exact) mass is 295 g/mol. The van der Waals surface area contributed by atoms with E-state index in [9.17, 15) is 4.79 Å². The second kappa shape index (κ2) is 5.89. The van der Waals surface area contributed by atoms with Gasteiger partial charge in [-0.15, -0.1) is 0 Å². The highest BCUT2D eigenvalue weighted by Crippen LogP contribution is 2.20. The van der Waals surface area contributed by atoms with Crippen LogP contribution in [-0.2, 0) is 0 Å². The normalized spacial score (nSPS) is 12.1. The highest BCUT2D eigenvalue weighted by atomic mass is 16.5. The molecule has 22 heavy (non-hydrogen) atoms. The standard InChI is InChI=1S/C17H17N3O2/c1-11(12-7-9-13(22-2)10-8-12)18-17-19-15-6-4-3-5-14(15)16(21)20-17/h3-11H,1-2H3,(H2,18,19,20,21). The maximum absolute atomic E-state index is 12.0. The Morgan fingerprint density at radius 2 is 1.86 bits per heavy atom. The van der Waals surface area contributed by atoms with E-state index in [2.05, 4.69) is 15.3 Å². The van der Waals surface area contributed by atoms with Crippen molar-refractivity contribution in [3.8, 4) is 5.75 Å². The van der Waals surface area contributed by atoms with Crippen molar-refractivity contribution in [3.63, 3.8) is 0 Å². The number of benzene rings is 2. The van der Waals surface area contributed by atoms with Crippen molar-refractivity contribution in [1.29, 1.82) is 0 Å². The van der Waals surface area contributed by atoms with Crippen LogP contribution in [0.3, 0.4) is 0 Å². The minimum absolute atomic E-state index is 0.00946. The summed E-state index contributed by atoms with van der Waals surface area (Å²) in [5, 5.41) is 3.81. The van der Waals surface area contributed by atoms with Crippen LogP contribution >= 0.6 is 0 Å². The molecule has 0 spiro atoms. The predicted molar refractivity (Wildman–Crippen MR) is 87.4 cm³/mol. The number of ether oxygens (including phenoxy) is 1. The number of aromatic nitrogens is 2. The third-order valence-electron chi connectivity index (χ3n) is 3.58. The molecule has 112 valence electrons. The molecule has 0 aliphatic carbocycles. The van der Waals surface area contributed by atoms with Gasteiger partial charge in [0.05, 0.1) is 24.1 Å². The van der Waals surface area contributed by atoms with Crippen molar-refractivity contribution in [2.75, 3.05) is 12.4 Å². The molecule has 0 aliphatic rings. The van der Waals surface area contributed by atoms with Gasteiger partial charge in [-0.3, -0.25) is 9.78 Å². The minimum Gasteiger partial charge on any atom is -0.497 e. The van der Waals surface area contributed by atoms with Gasteiger partial charge in [0, 0.05) is 0 Å². The SMILES string of the molecule is COc1ccc(C(C)Nc2nc3ccccc3c(=O)[nH]2)cc1. The smallest absolute Gasteiger partial charge is 0.260 e. The van der Waals surface area contributed by atoms with Crippen molar-refractivity contribution in [1.82, 2.24) is 9.97 Å². The van der Waals surface area contributed by atoms with Gasteiger partial charge in [0.15, 0.2) is 0 Å². The van der Waals surface area contributed by atoms with Crippen molar-refractivity contribution in [2.45, 2.75) is 13.0 Å². The first-order chi connectivity index (χ1) is 10.7. The molecule has 5 heteroatoms. The molecule has 0 radical (unpaired) electrons. The lowest BCUT2D eigenvalue weighted by molar-refractivity contribution is 0.414. The molecule has 1 atom stereocenters. The number of para-hydroxylation sites is 1. The third-order valence-corrected chi connectivity index (χ3v) is 3.58. The molecule has 1 unspecified atom stereocenters. The van der Waals surface area contributed by atoms with Gasteiger partial charge in [0.25, 0.3) is 5.56 Å². The summed E-state index contributed by atoms with van der Waals surface area (Å²) in [4.78, 5) is 19.3. The zero-order chi connectivity index (χ0) is 15.5. The third kappa shape index (κ3) is 2.79. The van der Waals surface area contributed by atoms with Crippen LogP contribution in [0.1, 0.15) is 18.5 Å². The highest BCUT2D eigenvalue weighted by Gasteiger charge is 2.08. The van der Waals surface area contributed by atoms with Crippen LogP contribution in [-0.4, -0.2) is 17.1 Å². The van der Waals surface area contributed by atoms with Crippen molar-refractivity contribution in [3.05, 3.63) is 64.4 Å². The molecule has 1 aromatic heterocycles. The average Bonchev–Trinajstić information content (AvgIpc) is 2.55. The molecule has 0 fully saturated rings. The van der Waals surface area contributed by atoms with E-state index in [1.54, 1.807) is 13.2 Å². The van der Waals surface area contributed by atoms with Gasteiger partial charge in [-0.05, 0) is 36.8 Å². The summed E-state index contributed by atoms with van der Waals surface area (Å²) < 4.78 is 5.15. The molecule has 2 aromatic carbocycles. The number of fused-ring (bicyclic) bond motifs is 1. The lowest BCUT2D eigenvalue weighted by Gasteiger charge is -2.15. The Bertz CT molecular complexity index is 840. The number of H-pyrrole nitrogens is 1. The summed E-state index contributed by atoms with van der Waals surface area (Å²) in [6, 6.07) is 15.1.